The third-order valence-corrected chi connectivity index (χ3v) is 7.54. The molecule has 0 aromatic rings. The van der Waals surface area contributed by atoms with Gasteiger partial charge in [0.2, 0.25) is 0 Å². The van der Waals surface area contributed by atoms with Gasteiger partial charge in [-0.05, 0) is 57.7 Å². The molecule has 0 N–H and O–H groups in total. The summed E-state index contributed by atoms with van der Waals surface area (Å²) in [7, 11) is 0. The highest BCUT2D eigenvalue weighted by molar-refractivity contribution is 6.14. The molecule has 3 rings (SSSR count). The number of nitrogens with zero attached hydrogens (tertiary/aromatic N) is 1. The molecular formula is C19H32ClNO2. The lowest BCUT2D eigenvalue weighted by Crippen LogP contribution is -2.61. The maximum atomic E-state index is 12.6. The zero-order valence-electron chi connectivity index (χ0n) is 15.0. The molecule has 0 radical (unpaired) electrons. The Kier molecular flexibility index (Phi) is 4.74. The third-order valence-electron chi connectivity index (χ3n) is 6.83. The van der Waals surface area contributed by atoms with Crippen molar-refractivity contribution < 1.29 is 9.53 Å². The van der Waals surface area contributed by atoms with Gasteiger partial charge in [-0.25, -0.2) is 4.42 Å². The van der Waals surface area contributed by atoms with Crippen LogP contribution in [0.25, 0.3) is 0 Å². The van der Waals surface area contributed by atoms with Gasteiger partial charge in [0.15, 0.2) is 0 Å². The van der Waals surface area contributed by atoms with Crippen molar-refractivity contribution in [1.29, 1.82) is 0 Å². The minimum Gasteiger partial charge on any atom is -0.462 e. The van der Waals surface area contributed by atoms with Crippen LogP contribution < -0.4 is 0 Å². The first-order chi connectivity index (χ1) is 10.8. The van der Waals surface area contributed by atoms with Gasteiger partial charge in [-0.15, -0.1) is 0 Å². The van der Waals surface area contributed by atoms with Gasteiger partial charge in [0, 0.05) is 23.9 Å². The van der Waals surface area contributed by atoms with E-state index < -0.39 is 0 Å². The van der Waals surface area contributed by atoms with Gasteiger partial charge in [-0.2, -0.15) is 0 Å². The lowest BCUT2D eigenvalue weighted by atomic mass is 9.75. The Morgan fingerprint density at radius 1 is 1.09 bits per heavy atom. The molecule has 1 aliphatic heterocycles. The average Bonchev–Trinajstić information content (AvgIpc) is 3.16. The predicted molar refractivity (Wildman–Crippen MR) is 93.3 cm³/mol. The van der Waals surface area contributed by atoms with Crippen LogP contribution in [-0.4, -0.2) is 27.6 Å². The number of esters is 1. The van der Waals surface area contributed by atoms with Gasteiger partial charge >= 0.3 is 5.97 Å². The zero-order valence-corrected chi connectivity index (χ0v) is 15.8. The molecule has 2 aliphatic carbocycles. The molecule has 0 amide bonds. The van der Waals surface area contributed by atoms with Crippen molar-refractivity contribution in [2.75, 3.05) is 0 Å². The Morgan fingerprint density at radius 2 is 1.52 bits per heavy atom. The van der Waals surface area contributed by atoms with E-state index in [1.54, 1.807) is 0 Å². The van der Waals surface area contributed by atoms with Crippen molar-refractivity contribution in [2.24, 2.45) is 5.41 Å². The van der Waals surface area contributed by atoms with Crippen molar-refractivity contribution in [2.45, 2.75) is 109 Å². The van der Waals surface area contributed by atoms with E-state index in [0.717, 1.165) is 44.9 Å². The highest BCUT2D eigenvalue weighted by Gasteiger charge is 2.56. The van der Waals surface area contributed by atoms with Crippen molar-refractivity contribution >= 4 is 17.7 Å². The predicted octanol–water partition coefficient (Wildman–Crippen LogP) is 5.21. The Balaban J connectivity index is 1.80. The number of halogens is 1. The molecule has 0 aromatic heterocycles. The maximum Gasteiger partial charge on any atom is 0.311 e. The van der Waals surface area contributed by atoms with E-state index in [0.29, 0.717) is 0 Å². The first-order valence-corrected chi connectivity index (χ1v) is 9.85. The average molecular weight is 342 g/mol. The number of carbonyl (C=O) groups excluding carboxylic acids is 1. The summed E-state index contributed by atoms with van der Waals surface area (Å²) in [6, 6.07) is 0. The summed E-state index contributed by atoms with van der Waals surface area (Å²) < 4.78 is 8.26. The van der Waals surface area contributed by atoms with E-state index in [2.05, 4.69) is 11.3 Å². The Morgan fingerprint density at radius 3 is 1.91 bits per heavy atom. The smallest absolute Gasteiger partial charge is 0.311 e. The van der Waals surface area contributed by atoms with Crippen molar-refractivity contribution in [3.8, 4) is 0 Å². The fraction of sp³-hybridized carbons (Fsp3) is 0.947. The molecule has 3 aliphatic rings. The lowest BCUT2D eigenvalue weighted by Gasteiger charge is -2.54. The van der Waals surface area contributed by atoms with Gasteiger partial charge in [0.1, 0.15) is 6.10 Å². The fourth-order valence-corrected chi connectivity index (χ4v) is 5.46. The molecule has 23 heavy (non-hydrogen) atoms. The van der Waals surface area contributed by atoms with Crippen LogP contribution in [0, 0.1) is 5.41 Å². The van der Waals surface area contributed by atoms with E-state index in [9.17, 15) is 4.79 Å². The Hall–Kier alpha value is -0.280. The highest BCUT2D eigenvalue weighted by Crippen LogP contribution is 2.54. The van der Waals surface area contributed by atoms with Crippen LogP contribution in [0.5, 0.6) is 0 Å². The second-order valence-electron chi connectivity index (χ2n) is 8.82. The number of rotatable bonds is 3. The monoisotopic (exact) mass is 341 g/mol. The van der Waals surface area contributed by atoms with Gasteiger partial charge in [0.05, 0.1) is 5.41 Å². The third kappa shape index (κ3) is 3.04. The second-order valence-corrected chi connectivity index (χ2v) is 9.15. The number of hydrogen-bond acceptors (Lipinski definition) is 3. The van der Waals surface area contributed by atoms with Crippen LogP contribution in [0.2, 0.25) is 0 Å². The number of ether oxygens (including phenoxy) is 1. The molecular weight excluding hydrogens is 310 g/mol. The fourth-order valence-electron chi connectivity index (χ4n) is 4.99. The molecule has 3 fully saturated rings. The quantitative estimate of drug-likeness (QED) is 0.521. The summed E-state index contributed by atoms with van der Waals surface area (Å²) in [5.74, 6) is -0.0330. The zero-order chi connectivity index (χ0) is 16.7. The highest BCUT2D eigenvalue weighted by atomic mass is 35.5. The minimum atomic E-state index is -0.385. The number of carbonyl (C=O) groups is 1. The molecule has 2 saturated carbocycles. The van der Waals surface area contributed by atoms with E-state index in [1.807, 2.05) is 13.8 Å². The van der Waals surface area contributed by atoms with Gasteiger partial charge in [-0.3, -0.25) is 4.79 Å². The molecule has 0 bridgehead atoms. The van der Waals surface area contributed by atoms with Crippen molar-refractivity contribution in [3.63, 3.8) is 0 Å². The van der Waals surface area contributed by atoms with E-state index in [1.165, 1.54) is 25.7 Å². The Labute approximate surface area is 146 Å². The van der Waals surface area contributed by atoms with Crippen LogP contribution in [-0.2, 0) is 9.53 Å². The van der Waals surface area contributed by atoms with Crippen molar-refractivity contribution in [1.82, 2.24) is 4.42 Å². The first kappa shape index (κ1) is 17.5. The molecule has 3 nitrogen and oxygen atoms in total. The summed E-state index contributed by atoms with van der Waals surface area (Å²) >= 11 is 6.95. The molecule has 2 spiro atoms. The summed E-state index contributed by atoms with van der Waals surface area (Å²) in [6.07, 6.45) is 12.3. The van der Waals surface area contributed by atoms with E-state index in [-0.39, 0.29) is 28.6 Å². The summed E-state index contributed by atoms with van der Waals surface area (Å²) in [6.45, 7) is 6.03. The molecule has 0 unspecified atom stereocenters. The summed E-state index contributed by atoms with van der Waals surface area (Å²) in [5, 5.41) is 0. The maximum absolute atomic E-state index is 12.6. The second kappa shape index (κ2) is 6.22. The van der Waals surface area contributed by atoms with Gasteiger partial charge < -0.3 is 4.74 Å². The molecule has 1 heterocycles. The van der Waals surface area contributed by atoms with Crippen LogP contribution in [0.3, 0.4) is 0 Å². The van der Waals surface area contributed by atoms with Gasteiger partial charge in [0.25, 0.3) is 0 Å². The number of hydrogen-bond donors (Lipinski definition) is 0. The SMILES string of the molecule is CCC(C)(C)C(=O)OC1CC2(CCCC2)N(Cl)C2(CCCC2)C1. The number of piperidine rings is 1. The van der Waals surface area contributed by atoms with Crippen LogP contribution >= 0.6 is 11.8 Å². The normalized spacial score (nSPS) is 30.2. The minimum absolute atomic E-state index is 0.0330. The Bertz CT molecular complexity index is 424. The topological polar surface area (TPSA) is 29.5 Å². The first-order valence-electron chi connectivity index (χ1n) is 9.51. The van der Waals surface area contributed by atoms with E-state index in [4.69, 9.17) is 16.5 Å². The lowest BCUT2D eigenvalue weighted by molar-refractivity contribution is -0.168. The van der Waals surface area contributed by atoms with Crippen LogP contribution in [0.15, 0.2) is 0 Å². The van der Waals surface area contributed by atoms with Crippen molar-refractivity contribution in [3.05, 3.63) is 0 Å². The summed E-state index contributed by atoms with van der Waals surface area (Å²) in [5.41, 5.74) is -0.263. The molecule has 132 valence electrons. The van der Waals surface area contributed by atoms with Crippen LogP contribution in [0.1, 0.15) is 91.4 Å². The summed E-state index contributed by atoms with van der Waals surface area (Å²) in [4.78, 5) is 12.6. The largest absolute Gasteiger partial charge is 0.462 e. The van der Waals surface area contributed by atoms with Gasteiger partial charge in [-0.1, -0.05) is 32.6 Å². The van der Waals surface area contributed by atoms with Crippen LogP contribution in [0.4, 0.5) is 0 Å². The molecule has 0 aromatic carbocycles. The standard InChI is InChI=1S/C19H32ClNO2/c1-4-17(2,3)16(22)23-15-13-18(9-5-6-10-18)21(20)19(14-15)11-7-8-12-19/h15H,4-14H2,1-3H3. The molecule has 0 atom stereocenters. The molecule has 1 saturated heterocycles. The van der Waals surface area contributed by atoms with E-state index >= 15 is 0 Å². The molecule has 4 heteroatoms.